The molecule has 1 aromatic rings. The van der Waals surface area contributed by atoms with E-state index in [9.17, 15) is 24.3 Å². The van der Waals surface area contributed by atoms with E-state index in [1.54, 1.807) is 18.2 Å². The van der Waals surface area contributed by atoms with Gasteiger partial charge in [-0.05, 0) is 106 Å². The predicted molar refractivity (Wildman–Crippen MR) is 146 cm³/mol. The van der Waals surface area contributed by atoms with Gasteiger partial charge >= 0.3 is 12.1 Å². The summed E-state index contributed by atoms with van der Waals surface area (Å²) in [6.45, 7) is 5.55. The monoisotopic (exact) mass is 537 g/mol. The zero-order valence-electron chi connectivity index (χ0n) is 23.2. The van der Waals surface area contributed by atoms with Gasteiger partial charge in [0.2, 0.25) is 5.78 Å². The van der Waals surface area contributed by atoms with Gasteiger partial charge in [-0.2, -0.15) is 0 Å². The van der Waals surface area contributed by atoms with Crippen LogP contribution in [0.3, 0.4) is 0 Å². The highest BCUT2D eigenvalue weighted by Crippen LogP contribution is 2.64. The van der Waals surface area contributed by atoms with E-state index in [-0.39, 0.29) is 11.7 Å². The van der Waals surface area contributed by atoms with Crippen LogP contribution in [-0.2, 0) is 19.1 Å². The highest BCUT2D eigenvalue weighted by Gasteiger charge is 2.64. The molecule has 0 aromatic heterocycles. The van der Waals surface area contributed by atoms with Crippen molar-refractivity contribution in [2.75, 3.05) is 19.0 Å². The zero-order valence-corrected chi connectivity index (χ0v) is 23.2. The normalized spacial score (nSPS) is 32.8. The number of Topliss-reactive ketones (excluding diaryl/α,β-unsaturated/α-hetero) is 1. The van der Waals surface area contributed by atoms with Crippen LogP contribution in [0.15, 0.2) is 48.1 Å². The molecule has 5 unspecified atom stereocenters. The molecule has 39 heavy (non-hydrogen) atoms. The fourth-order valence-corrected chi connectivity index (χ4v) is 7.47. The van der Waals surface area contributed by atoms with Crippen LogP contribution < -0.4 is 5.32 Å². The first-order valence-electron chi connectivity index (χ1n) is 13.8. The number of methoxy groups -OCH3 is 1. The molecule has 3 aliphatic rings. The molecule has 3 saturated carbocycles. The topological polar surface area (TPSA) is 119 Å². The molecule has 0 aliphatic heterocycles. The number of hydrogen-bond donors (Lipinski definition) is 2. The van der Waals surface area contributed by atoms with Gasteiger partial charge in [-0.3, -0.25) is 14.9 Å². The Kier molecular flexibility index (Phi) is 8.45. The standard InChI is InChI=1S/C31H39NO7/c1-5-6-23(33)17-21-9-12-25-24(19(21)2)13-15-30(3)26(25)14-16-31(30,37)27(34)18-39-29(36)32-22-10-7-20(8-11-22)28(35)38-4/h5-8,10-11,17,19,24-26,37H,9,12-16,18H2,1-4H3,(H,32,36)/b6-5-,21-17-/t19?,24?,25?,26?,30?,31-/m0/s1. The molecule has 8 nitrogen and oxygen atoms in total. The second-order valence-electron chi connectivity index (χ2n) is 11.4. The maximum absolute atomic E-state index is 13.3. The highest BCUT2D eigenvalue weighted by atomic mass is 16.6. The zero-order chi connectivity index (χ0) is 28.4. The van der Waals surface area contributed by atoms with Gasteiger partial charge in [-0.15, -0.1) is 0 Å². The average Bonchev–Trinajstić information content (AvgIpc) is 3.20. The minimum atomic E-state index is -1.55. The molecular formula is C31H39NO7. The SMILES string of the molecule is C/C=C\C(=O)/C=C1/CCC2C(CCC3(C)C2CC[C@]3(O)C(=O)COC(=O)Nc2ccc(C(=O)OC)cc2)C1C. The van der Waals surface area contributed by atoms with Crippen molar-refractivity contribution >= 4 is 29.3 Å². The fourth-order valence-electron chi connectivity index (χ4n) is 7.47. The van der Waals surface area contributed by atoms with Gasteiger partial charge in [-0.25, -0.2) is 9.59 Å². The number of anilines is 1. The van der Waals surface area contributed by atoms with E-state index in [0.717, 1.165) is 25.7 Å². The van der Waals surface area contributed by atoms with Crippen LogP contribution in [0, 0.1) is 29.1 Å². The molecule has 6 atom stereocenters. The third-order valence-electron chi connectivity index (χ3n) is 9.64. The maximum Gasteiger partial charge on any atom is 0.412 e. The number of amides is 1. The summed E-state index contributed by atoms with van der Waals surface area (Å²) in [6.07, 6.45) is 8.83. The number of esters is 1. The number of aliphatic hydroxyl groups is 1. The van der Waals surface area contributed by atoms with E-state index in [4.69, 9.17) is 4.74 Å². The number of nitrogens with one attached hydrogen (secondary N) is 1. The third-order valence-corrected chi connectivity index (χ3v) is 9.64. The first-order chi connectivity index (χ1) is 18.5. The van der Waals surface area contributed by atoms with E-state index >= 15 is 0 Å². The number of allylic oxidation sites excluding steroid dienone is 4. The molecule has 1 amide bonds. The number of carbonyl (C=O) groups excluding carboxylic acids is 4. The second kappa shape index (κ2) is 11.5. The molecule has 2 N–H and O–H groups in total. The summed E-state index contributed by atoms with van der Waals surface area (Å²) in [5.74, 6) is 0.367. The Labute approximate surface area is 229 Å². The van der Waals surface area contributed by atoms with Gasteiger partial charge < -0.3 is 14.6 Å². The van der Waals surface area contributed by atoms with Crippen LogP contribution >= 0.6 is 0 Å². The molecule has 3 aliphatic carbocycles. The van der Waals surface area contributed by atoms with Crippen LogP contribution in [0.4, 0.5) is 10.5 Å². The summed E-state index contributed by atoms with van der Waals surface area (Å²) in [7, 11) is 1.29. The molecular weight excluding hydrogens is 498 g/mol. The van der Waals surface area contributed by atoms with E-state index in [1.807, 2.05) is 13.8 Å². The molecule has 0 saturated heterocycles. The van der Waals surface area contributed by atoms with Gasteiger partial charge in [0.1, 0.15) is 5.60 Å². The fraction of sp³-hybridized carbons (Fsp3) is 0.548. The van der Waals surface area contributed by atoms with Crippen LogP contribution in [0.25, 0.3) is 0 Å². The lowest BCUT2D eigenvalue weighted by Gasteiger charge is -2.54. The highest BCUT2D eigenvalue weighted by molar-refractivity contribution is 5.99. The number of ketones is 2. The Bertz CT molecular complexity index is 1190. The van der Waals surface area contributed by atoms with Crippen molar-refractivity contribution in [1.82, 2.24) is 0 Å². The van der Waals surface area contributed by atoms with Crippen LogP contribution in [0.2, 0.25) is 0 Å². The van der Waals surface area contributed by atoms with Crippen LogP contribution in [0.5, 0.6) is 0 Å². The maximum atomic E-state index is 13.3. The largest absolute Gasteiger partial charge is 0.465 e. The molecule has 210 valence electrons. The number of fused-ring (bicyclic) bond motifs is 3. The Morgan fingerprint density at radius 3 is 2.46 bits per heavy atom. The predicted octanol–water partition coefficient (Wildman–Crippen LogP) is 5.27. The van der Waals surface area contributed by atoms with E-state index in [1.165, 1.54) is 36.9 Å². The molecule has 1 aromatic carbocycles. The summed E-state index contributed by atoms with van der Waals surface area (Å²) in [6, 6.07) is 6.09. The van der Waals surface area contributed by atoms with Crippen molar-refractivity contribution in [3.63, 3.8) is 0 Å². The smallest absolute Gasteiger partial charge is 0.412 e. The number of hydrogen-bond acceptors (Lipinski definition) is 7. The lowest BCUT2D eigenvalue weighted by molar-refractivity contribution is -0.162. The van der Waals surface area contributed by atoms with Gasteiger partial charge in [0.25, 0.3) is 0 Å². The lowest BCUT2D eigenvalue weighted by Crippen LogP contribution is -2.57. The number of rotatable bonds is 7. The summed E-state index contributed by atoms with van der Waals surface area (Å²) < 4.78 is 9.87. The summed E-state index contributed by atoms with van der Waals surface area (Å²) in [4.78, 5) is 49.4. The molecule has 0 radical (unpaired) electrons. The second-order valence-corrected chi connectivity index (χ2v) is 11.4. The molecule has 0 bridgehead atoms. The van der Waals surface area contributed by atoms with Crippen LogP contribution in [-0.4, -0.2) is 48.1 Å². The summed E-state index contributed by atoms with van der Waals surface area (Å²) in [5, 5.41) is 14.3. The average molecular weight is 538 g/mol. The van der Waals surface area contributed by atoms with Gasteiger partial charge in [0, 0.05) is 11.1 Å². The molecule has 3 fully saturated rings. The molecule has 0 spiro atoms. The Hall–Kier alpha value is -3.26. The van der Waals surface area contributed by atoms with Crippen molar-refractivity contribution in [2.45, 2.75) is 64.9 Å². The molecule has 0 heterocycles. The Balaban J connectivity index is 1.38. The van der Waals surface area contributed by atoms with Crippen molar-refractivity contribution in [2.24, 2.45) is 29.1 Å². The summed E-state index contributed by atoms with van der Waals surface area (Å²) in [5.41, 5.74) is -0.193. The minimum Gasteiger partial charge on any atom is -0.465 e. The molecule has 8 heteroatoms. The van der Waals surface area contributed by atoms with Crippen molar-refractivity contribution in [3.8, 4) is 0 Å². The minimum absolute atomic E-state index is 0.0292. The third kappa shape index (κ3) is 5.44. The Morgan fingerprint density at radius 2 is 1.79 bits per heavy atom. The van der Waals surface area contributed by atoms with E-state index in [0.29, 0.717) is 41.8 Å². The van der Waals surface area contributed by atoms with Crippen molar-refractivity contribution in [1.29, 1.82) is 0 Å². The van der Waals surface area contributed by atoms with Gasteiger partial charge in [0.05, 0.1) is 12.7 Å². The van der Waals surface area contributed by atoms with E-state index < -0.39 is 35.5 Å². The molecule has 4 rings (SSSR count). The Morgan fingerprint density at radius 1 is 1.08 bits per heavy atom. The summed E-state index contributed by atoms with van der Waals surface area (Å²) >= 11 is 0. The van der Waals surface area contributed by atoms with Crippen LogP contribution in [0.1, 0.15) is 69.7 Å². The first kappa shape index (κ1) is 28.7. The lowest BCUT2D eigenvalue weighted by atomic mass is 9.51. The van der Waals surface area contributed by atoms with Crippen molar-refractivity contribution in [3.05, 3.63) is 53.6 Å². The number of ether oxygens (including phenoxy) is 2. The van der Waals surface area contributed by atoms with Crippen molar-refractivity contribution < 1.29 is 33.8 Å². The quantitative estimate of drug-likeness (QED) is 0.359. The number of benzene rings is 1. The first-order valence-corrected chi connectivity index (χ1v) is 13.8. The van der Waals surface area contributed by atoms with Gasteiger partial charge in [-0.1, -0.05) is 25.5 Å². The number of carbonyl (C=O) groups is 4. The van der Waals surface area contributed by atoms with Gasteiger partial charge in [0.15, 0.2) is 12.4 Å². The van der Waals surface area contributed by atoms with E-state index in [2.05, 4.69) is 17.0 Å².